The van der Waals surface area contributed by atoms with Gasteiger partial charge in [0.15, 0.2) is 0 Å². The summed E-state index contributed by atoms with van der Waals surface area (Å²) in [5, 5.41) is 24.2. The molecule has 2 aliphatic heterocycles. The molecule has 0 saturated carbocycles. The molecule has 33 heavy (non-hydrogen) atoms. The quantitative estimate of drug-likeness (QED) is 0.486. The van der Waals surface area contributed by atoms with Crippen LogP contribution in [0.15, 0.2) is 60.7 Å². The van der Waals surface area contributed by atoms with Crippen molar-refractivity contribution in [3.63, 3.8) is 0 Å². The molecule has 0 unspecified atom stereocenters. The van der Waals surface area contributed by atoms with Crippen molar-refractivity contribution in [2.45, 2.75) is 43.8 Å². The third kappa shape index (κ3) is 6.41. The molecule has 3 N–H and O–H groups in total. The number of aliphatic hydroxyl groups is 2. The standard InChI is InChI=1S/C15H19NO4.C11H15NO/c1-2-20-14(18)13(17)16-10-8-15(19,9-11-16)12-6-4-3-5-7-12;13-11(6-8-12-9-7-11)10-4-2-1-3-5-10/h3-7,19H,2,8-11H2,1H3;1-5,12-13H,6-9H2. The smallest absolute Gasteiger partial charge is 0.397 e. The maximum absolute atomic E-state index is 11.8. The largest absolute Gasteiger partial charge is 0.459 e. The van der Waals surface area contributed by atoms with Crippen LogP contribution in [-0.2, 0) is 25.5 Å². The summed E-state index contributed by atoms with van der Waals surface area (Å²) in [7, 11) is 0. The van der Waals surface area contributed by atoms with Crippen LogP contribution >= 0.6 is 0 Å². The molecule has 7 nitrogen and oxygen atoms in total. The van der Waals surface area contributed by atoms with Gasteiger partial charge in [-0.3, -0.25) is 4.79 Å². The van der Waals surface area contributed by atoms with E-state index in [1.54, 1.807) is 6.92 Å². The molecule has 7 heteroatoms. The van der Waals surface area contributed by atoms with Gasteiger partial charge >= 0.3 is 11.9 Å². The Kier molecular flexibility index (Phi) is 8.61. The van der Waals surface area contributed by atoms with Gasteiger partial charge in [-0.25, -0.2) is 4.79 Å². The van der Waals surface area contributed by atoms with Gasteiger partial charge in [0.05, 0.1) is 17.8 Å². The topological polar surface area (TPSA) is 99.1 Å². The van der Waals surface area contributed by atoms with Crippen LogP contribution in [0.4, 0.5) is 0 Å². The molecule has 0 spiro atoms. The minimum absolute atomic E-state index is 0.187. The van der Waals surface area contributed by atoms with Crippen LogP contribution in [0.2, 0.25) is 0 Å². The first kappa shape index (κ1) is 24.9. The average molecular weight is 455 g/mol. The van der Waals surface area contributed by atoms with E-state index in [9.17, 15) is 19.8 Å². The fourth-order valence-corrected chi connectivity index (χ4v) is 4.32. The van der Waals surface area contributed by atoms with Crippen LogP contribution in [-0.4, -0.2) is 59.8 Å². The summed E-state index contributed by atoms with van der Waals surface area (Å²) in [5.74, 6) is -1.44. The van der Waals surface area contributed by atoms with Gasteiger partial charge in [0.25, 0.3) is 0 Å². The van der Waals surface area contributed by atoms with Crippen molar-refractivity contribution in [3.8, 4) is 0 Å². The molecule has 0 bridgehead atoms. The van der Waals surface area contributed by atoms with Crippen molar-refractivity contribution < 1.29 is 24.5 Å². The summed E-state index contributed by atoms with van der Waals surface area (Å²) in [6.07, 6.45) is 2.47. The fourth-order valence-electron chi connectivity index (χ4n) is 4.32. The van der Waals surface area contributed by atoms with Crippen LogP contribution in [0.1, 0.15) is 43.7 Å². The van der Waals surface area contributed by atoms with E-state index in [-0.39, 0.29) is 6.61 Å². The molecule has 2 saturated heterocycles. The Labute approximate surface area is 195 Å². The highest BCUT2D eigenvalue weighted by atomic mass is 16.5. The molecule has 2 aromatic rings. The van der Waals surface area contributed by atoms with E-state index in [1.165, 1.54) is 4.90 Å². The number of amides is 1. The zero-order valence-electron chi connectivity index (χ0n) is 19.2. The van der Waals surface area contributed by atoms with Gasteiger partial charge in [-0.05, 0) is 56.8 Å². The first-order valence-corrected chi connectivity index (χ1v) is 11.6. The van der Waals surface area contributed by atoms with Crippen LogP contribution in [0, 0.1) is 0 Å². The number of hydrogen-bond donors (Lipinski definition) is 3. The summed E-state index contributed by atoms with van der Waals surface area (Å²) in [5.41, 5.74) is 0.388. The highest BCUT2D eigenvalue weighted by Gasteiger charge is 2.37. The number of carbonyl (C=O) groups is 2. The molecule has 0 aromatic heterocycles. The van der Waals surface area contributed by atoms with E-state index < -0.39 is 23.1 Å². The third-order valence-electron chi connectivity index (χ3n) is 6.38. The number of nitrogens with zero attached hydrogens (tertiary/aromatic N) is 1. The van der Waals surface area contributed by atoms with Crippen molar-refractivity contribution >= 4 is 11.9 Å². The Balaban J connectivity index is 0.000000203. The number of piperidine rings is 2. The zero-order valence-corrected chi connectivity index (χ0v) is 19.2. The Morgan fingerprint density at radius 2 is 1.30 bits per heavy atom. The number of rotatable bonds is 3. The Morgan fingerprint density at radius 3 is 1.76 bits per heavy atom. The minimum atomic E-state index is -0.924. The highest BCUT2D eigenvalue weighted by molar-refractivity contribution is 6.32. The van der Waals surface area contributed by atoms with Gasteiger partial charge in [-0.2, -0.15) is 0 Å². The Hall–Kier alpha value is -2.74. The molecular formula is C26H34N2O5. The highest BCUT2D eigenvalue weighted by Crippen LogP contribution is 2.32. The van der Waals surface area contributed by atoms with E-state index in [0.29, 0.717) is 25.9 Å². The second-order valence-electron chi connectivity index (χ2n) is 8.56. The van der Waals surface area contributed by atoms with E-state index >= 15 is 0 Å². The maximum Gasteiger partial charge on any atom is 0.397 e. The van der Waals surface area contributed by atoms with Crippen LogP contribution in [0.5, 0.6) is 0 Å². The number of hydrogen-bond acceptors (Lipinski definition) is 6. The number of ether oxygens (including phenoxy) is 1. The lowest BCUT2D eigenvalue weighted by Crippen LogP contribution is -2.47. The third-order valence-corrected chi connectivity index (χ3v) is 6.38. The van der Waals surface area contributed by atoms with Crippen LogP contribution in [0.3, 0.4) is 0 Å². The Morgan fingerprint density at radius 1 is 0.848 bits per heavy atom. The molecule has 2 fully saturated rings. The maximum atomic E-state index is 11.8. The molecule has 178 valence electrons. The predicted molar refractivity (Wildman–Crippen MR) is 125 cm³/mol. The van der Waals surface area contributed by atoms with Gasteiger partial charge in [0.2, 0.25) is 0 Å². The summed E-state index contributed by atoms with van der Waals surface area (Å²) in [4.78, 5) is 24.6. The second kappa shape index (κ2) is 11.4. The summed E-state index contributed by atoms with van der Waals surface area (Å²) in [6.45, 7) is 4.37. The molecule has 0 radical (unpaired) electrons. The lowest BCUT2D eigenvalue weighted by Gasteiger charge is -2.38. The molecule has 4 rings (SSSR count). The number of nitrogens with one attached hydrogen (secondary N) is 1. The first-order valence-electron chi connectivity index (χ1n) is 11.6. The van der Waals surface area contributed by atoms with Gasteiger partial charge in [-0.15, -0.1) is 0 Å². The van der Waals surface area contributed by atoms with Crippen LogP contribution in [0.25, 0.3) is 0 Å². The fraction of sp³-hybridized carbons (Fsp3) is 0.462. The van der Waals surface area contributed by atoms with E-state index in [2.05, 4.69) is 5.32 Å². The van der Waals surface area contributed by atoms with Crippen LogP contribution < -0.4 is 5.32 Å². The van der Waals surface area contributed by atoms with Crippen molar-refractivity contribution in [3.05, 3.63) is 71.8 Å². The van der Waals surface area contributed by atoms with Crippen molar-refractivity contribution in [1.82, 2.24) is 10.2 Å². The molecule has 2 heterocycles. The van der Waals surface area contributed by atoms with Gasteiger partial charge in [0.1, 0.15) is 0 Å². The molecule has 0 atom stereocenters. The van der Waals surface area contributed by atoms with Crippen molar-refractivity contribution in [2.75, 3.05) is 32.8 Å². The minimum Gasteiger partial charge on any atom is -0.459 e. The molecular weight excluding hydrogens is 420 g/mol. The summed E-state index contributed by atoms with van der Waals surface area (Å²) >= 11 is 0. The average Bonchev–Trinajstić information content (AvgIpc) is 2.86. The van der Waals surface area contributed by atoms with E-state index in [0.717, 1.165) is 37.1 Å². The second-order valence-corrected chi connectivity index (χ2v) is 8.56. The number of benzene rings is 2. The number of likely N-dealkylation sites (tertiary alicyclic amines) is 1. The molecule has 2 aliphatic rings. The zero-order chi connectivity index (χ0) is 23.7. The molecule has 2 aromatic carbocycles. The SMILES string of the molecule is CCOC(=O)C(=O)N1CCC(O)(c2ccccc2)CC1.OC1(c2ccccc2)CCNCC1. The number of esters is 1. The van der Waals surface area contributed by atoms with Gasteiger partial charge in [0, 0.05) is 13.1 Å². The lowest BCUT2D eigenvalue weighted by atomic mass is 9.84. The Bertz CT molecular complexity index is 889. The summed E-state index contributed by atoms with van der Waals surface area (Å²) < 4.78 is 4.70. The first-order chi connectivity index (χ1) is 15.9. The normalized spacial score (nSPS) is 19.1. The van der Waals surface area contributed by atoms with E-state index in [1.807, 2.05) is 60.7 Å². The monoisotopic (exact) mass is 454 g/mol. The lowest BCUT2D eigenvalue weighted by molar-refractivity contribution is -0.162. The van der Waals surface area contributed by atoms with Crippen molar-refractivity contribution in [2.24, 2.45) is 0 Å². The van der Waals surface area contributed by atoms with Crippen molar-refractivity contribution in [1.29, 1.82) is 0 Å². The summed E-state index contributed by atoms with van der Waals surface area (Å²) in [6, 6.07) is 19.4. The van der Waals surface area contributed by atoms with Gasteiger partial charge in [-0.1, -0.05) is 60.7 Å². The molecule has 0 aliphatic carbocycles. The van der Waals surface area contributed by atoms with Gasteiger partial charge < -0.3 is 25.2 Å². The number of carbonyl (C=O) groups excluding carboxylic acids is 2. The molecule has 1 amide bonds. The van der Waals surface area contributed by atoms with E-state index in [4.69, 9.17) is 4.74 Å². The predicted octanol–water partition coefficient (Wildman–Crippen LogP) is 2.32.